The summed E-state index contributed by atoms with van der Waals surface area (Å²) in [7, 11) is 1.63. The number of nitrogens with zero attached hydrogens (tertiary/aromatic N) is 1. The van der Waals surface area contributed by atoms with Gasteiger partial charge >= 0.3 is 0 Å². The van der Waals surface area contributed by atoms with Gasteiger partial charge in [0.05, 0.1) is 6.73 Å². The fourth-order valence-corrected chi connectivity index (χ4v) is 0.118. The van der Waals surface area contributed by atoms with Crippen LogP contribution in [0.15, 0.2) is 0 Å². The molecule has 0 bridgehead atoms. The molecule has 0 aliphatic carbocycles. The van der Waals surface area contributed by atoms with Crippen LogP contribution in [0.5, 0.6) is 0 Å². The lowest BCUT2D eigenvalue weighted by Crippen LogP contribution is -2.29. The van der Waals surface area contributed by atoms with E-state index in [0.29, 0.717) is 0 Å². The van der Waals surface area contributed by atoms with Crippen molar-refractivity contribution in [2.24, 2.45) is 0 Å². The molecule has 3 heteroatoms. The molecule has 44 valence electrons. The minimum atomic E-state index is -0.551. The molecule has 0 aromatic heterocycles. The minimum Gasteiger partial charge on any atom is -0.381 e. The van der Waals surface area contributed by atoms with Gasteiger partial charge in [0.1, 0.15) is 6.23 Å². The van der Waals surface area contributed by atoms with Gasteiger partial charge in [-0.3, -0.25) is 4.90 Å². The molecule has 0 amide bonds. The molecule has 1 atom stereocenters. The molecule has 0 rings (SSSR count). The first kappa shape index (κ1) is 6.88. The van der Waals surface area contributed by atoms with Crippen LogP contribution in [-0.2, 0) is 0 Å². The summed E-state index contributed by atoms with van der Waals surface area (Å²) < 4.78 is 0. The standard InChI is InChI=1S/C4H11NO2/c1-4(7)5(2)3-6/h4,6-7H,3H2,1-2H3. The third-order valence-electron chi connectivity index (χ3n) is 0.861. The summed E-state index contributed by atoms with van der Waals surface area (Å²) in [6, 6.07) is 0. The largest absolute Gasteiger partial charge is 0.381 e. The average molecular weight is 105 g/mol. The molecule has 0 aliphatic heterocycles. The van der Waals surface area contributed by atoms with Crippen molar-refractivity contribution in [1.29, 1.82) is 0 Å². The van der Waals surface area contributed by atoms with Crippen LogP contribution in [0.1, 0.15) is 6.92 Å². The van der Waals surface area contributed by atoms with Crippen LogP contribution in [0.4, 0.5) is 0 Å². The summed E-state index contributed by atoms with van der Waals surface area (Å²) in [5.41, 5.74) is 0. The van der Waals surface area contributed by atoms with E-state index < -0.39 is 6.23 Å². The SMILES string of the molecule is CC(O)N(C)CO. The molecule has 0 radical (unpaired) electrons. The first-order valence-electron chi connectivity index (χ1n) is 2.17. The summed E-state index contributed by atoms with van der Waals surface area (Å²) in [6.45, 7) is 1.49. The van der Waals surface area contributed by atoms with Gasteiger partial charge in [0.25, 0.3) is 0 Å². The van der Waals surface area contributed by atoms with Crippen molar-refractivity contribution in [1.82, 2.24) is 4.90 Å². The van der Waals surface area contributed by atoms with Crippen LogP contribution in [0.3, 0.4) is 0 Å². The topological polar surface area (TPSA) is 43.7 Å². The van der Waals surface area contributed by atoms with E-state index in [9.17, 15) is 0 Å². The van der Waals surface area contributed by atoms with Crippen molar-refractivity contribution >= 4 is 0 Å². The van der Waals surface area contributed by atoms with E-state index in [1.165, 1.54) is 4.90 Å². The molecule has 0 heterocycles. The lowest BCUT2D eigenvalue weighted by Gasteiger charge is -2.15. The molecule has 0 saturated heterocycles. The van der Waals surface area contributed by atoms with Gasteiger partial charge in [0, 0.05) is 0 Å². The maximum atomic E-state index is 8.59. The van der Waals surface area contributed by atoms with E-state index in [2.05, 4.69) is 0 Å². The predicted molar refractivity (Wildman–Crippen MR) is 26.5 cm³/mol. The monoisotopic (exact) mass is 105 g/mol. The summed E-state index contributed by atoms with van der Waals surface area (Å²) in [5.74, 6) is 0. The van der Waals surface area contributed by atoms with Crippen LogP contribution in [-0.4, -0.2) is 35.1 Å². The van der Waals surface area contributed by atoms with Crippen LogP contribution in [0, 0.1) is 0 Å². The van der Waals surface area contributed by atoms with E-state index in [4.69, 9.17) is 10.2 Å². The summed E-state index contributed by atoms with van der Waals surface area (Å²) in [6.07, 6.45) is -0.551. The van der Waals surface area contributed by atoms with Gasteiger partial charge in [-0.05, 0) is 14.0 Å². The Balaban J connectivity index is 3.14. The highest BCUT2D eigenvalue weighted by Crippen LogP contribution is 1.84. The maximum Gasteiger partial charge on any atom is 0.106 e. The third-order valence-corrected chi connectivity index (χ3v) is 0.861. The van der Waals surface area contributed by atoms with Crippen LogP contribution in [0.25, 0.3) is 0 Å². The van der Waals surface area contributed by atoms with Crippen molar-refractivity contribution in [3.05, 3.63) is 0 Å². The van der Waals surface area contributed by atoms with Gasteiger partial charge in [-0.15, -0.1) is 0 Å². The zero-order valence-electron chi connectivity index (χ0n) is 4.63. The van der Waals surface area contributed by atoms with Crippen LogP contribution in [0.2, 0.25) is 0 Å². The maximum absolute atomic E-state index is 8.59. The van der Waals surface area contributed by atoms with E-state index >= 15 is 0 Å². The van der Waals surface area contributed by atoms with Gasteiger partial charge in [-0.1, -0.05) is 0 Å². The molecular formula is C4H11NO2. The van der Waals surface area contributed by atoms with Crippen LogP contribution >= 0.6 is 0 Å². The highest BCUT2D eigenvalue weighted by Gasteiger charge is 1.98. The van der Waals surface area contributed by atoms with E-state index in [1.54, 1.807) is 14.0 Å². The Kier molecular flexibility index (Phi) is 2.91. The number of aliphatic hydroxyl groups is 2. The summed E-state index contributed by atoms with van der Waals surface area (Å²) in [5, 5.41) is 16.9. The Morgan fingerprint density at radius 3 is 2.14 bits per heavy atom. The van der Waals surface area contributed by atoms with Gasteiger partial charge in [-0.25, -0.2) is 0 Å². The Morgan fingerprint density at radius 1 is 1.71 bits per heavy atom. The molecule has 0 saturated carbocycles. The van der Waals surface area contributed by atoms with Crippen molar-refractivity contribution in [2.45, 2.75) is 13.2 Å². The van der Waals surface area contributed by atoms with Crippen molar-refractivity contribution in [2.75, 3.05) is 13.8 Å². The smallest absolute Gasteiger partial charge is 0.106 e. The molecule has 0 aromatic carbocycles. The Hall–Kier alpha value is -0.120. The van der Waals surface area contributed by atoms with E-state index in [-0.39, 0.29) is 6.73 Å². The van der Waals surface area contributed by atoms with Gasteiger partial charge in [0.15, 0.2) is 0 Å². The van der Waals surface area contributed by atoms with E-state index in [1.807, 2.05) is 0 Å². The Labute approximate surface area is 43.2 Å². The Morgan fingerprint density at radius 2 is 2.14 bits per heavy atom. The molecule has 7 heavy (non-hydrogen) atoms. The fourth-order valence-electron chi connectivity index (χ4n) is 0.118. The predicted octanol–water partition coefficient (Wildman–Crippen LogP) is -0.794. The summed E-state index contributed by atoms with van der Waals surface area (Å²) >= 11 is 0. The molecule has 0 aliphatic rings. The number of hydrogen-bond donors (Lipinski definition) is 2. The fraction of sp³-hybridized carbons (Fsp3) is 1.00. The van der Waals surface area contributed by atoms with Crippen molar-refractivity contribution in [3.63, 3.8) is 0 Å². The minimum absolute atomic E-state index is 0.0995. The van der Waals surface area contributed by atoms with Crippen molar-refractivity contribution < 1.29 is 10.2 Å². The molecule has 2 N–H and O–H groups in total. The molecule has 0 aromatic rings. The molecule has 3 nitrogen and oxygen atoms in total. The number of hydrogen-bond acceptors (Lipinski definition) is 3. The molecular weight excluding hydrogens is 94.0 g/mol. The zero-order chi connectivity index (χ0) is 5.86. The number of rotatable bonds is 2. The lowest BCUT2D eigenvalue weighted by molar-refractivity contribution is -0.0154. The second-order valence-corrected chi connectivity index (χ2v) is 1.53. The molecule has 0 spiro atoms. The first-order valence-corrected chi connectivity index (χ1v) is 2.17. The van der Waals surface area contributed by atoms with Gasteiger partial charge in [0.2, 0.25) is 0 Å². The quantitative estimate of drug-likeness (QED) is 0.452. The van der Waals surface area contributed by atoms with Crippen LogP contribution < -0.4 is 0 Å². The van der Waals surface area contributed by atoms with E-state index in [0.717, 1.165) is 0 Å². The highest BCUT2D eigenvalue weighted by atomic mass is 16.3. The average Bonchev–Trinajstić information content (AvgIpc) is 1.65. The summed E-state index contributed by atoms with van der Waals surface area (Å²) in [4.78, 5) is 1.40. The molecule has 0 fully saturated rings. The van der Waals surface area contributed by atoms with Gasteiger partial charge in [-0.2, -0.15) is 0 Å². The van der Waals surface area contributed by atoms with Gasteiger partial charge < -0.3 is 10.2 Å². The second-order valence-electron chi connectivity index (χ2n) is 1.53. The number of aliphatic hydroxyl groups excluding tert-OH is 2. The highest BCUT2D eigenvalue weighted by molar-refractivity contribution is 4.39. The molecule has 1 unspecified atom stereocenters. The zero-order valence-corrected chi connectivity index (χ0v) is 4.63. The Bertz CT molecular complexity index is 47.0. The third kappa shape index (κ3) is 2.56. The lowest BCUT2D eigenvalue weighted by atomic mass is 10.6. The first-order chi connectivity index (χ1) is 3.18. The van der Waals surface area contributed by atoms with Crippen molar-refractivity contribution in [3.8, 4) is 0 Å². The second kappa shape index (κ2) is 2.96. The normalized spacial score (nSPS) is 15.0.